The summed E-state index contributed by atoms with van der Waals surface area (Å²) in [7, 11) is 1.66. The van der Waals surface area contributed by atoms with E-state index in [1.807, 2.05) is 49.4 Å². The molecule has 0 saturated carbocycles. The van der Waals surface area contributed by atoms with Crippen LogP contribution in [0.3, 0.4) is 0 Å². The zero-order valence-corrected chi connectivity index (χ0v) is 12.7. The van der Waals surface area contributed by atoms with E-state index in [0.717, 1.165) is 17.0 Å². The lowest BCUT2D eigenvalue weighted by atomic mass is 10.1. The molecule has 0 heterocycles. The zero-order valence-electron chi connectivity index (χ0n) is 12.7. The number of ether oxygens (including phenoxy) is 2. The Kier molecular flexibility index (Phi) is 4.93. The van der Waals surface area contributed by atoms with E-state index >= 15 is 0 Å². The van der Waals surface area contributed by atoms with E-state index in [9.17, 15) is 0 Å². The van der Waals surface area contributed by atoms with Crippen LogP contribution in [-0.4, -0.2) is 13.7 Å². The highest BCUT2D eigenvalue weighted by molar-refractivity contribution is 5.73. The number of hydrogen-bond acceptors (Lipinski definition) is 4. The summed E-state index contributed by atoms with van der Waals surface area (Å²) in [5.74, 6) is 1.56. The monoisotopic (exact) mass is 286 g/mol. The van der Waals surface area contributed by atoms with Crippen molar-refractivity contribution >= 4 is 11.4 Å². The van der Waals surface area contributed by atoms with Gasteiger partial charge in [-0.1, -0.05) is 18.2 Å². The Morgan fingerprint density at radius 1 is 1.14 bits per heavy atom. The Morgan fingerprint density at radius 2 is 1.86 bits per heavy atom. The molecule has 0 saturated heterocycles. The summed E-state index contributed by atoms with van der Waals surface area (Å²) in [6, 6.07) is 13.9. The van der Waals surface area contributed by atoms with Gasteiger partial charge in [0.1, 0.15) is 11.5 Å². The predicted molar refractivity (Wildman–Crippen MR) is 87.1 cm³/mol. The first kappa shape index (κ1) is 15.0. The molecule has 21 heavy (non-hydrogen) atoms. The van der Waals surface area contributed by atoms with Gasteiger partial charge in [-0.2, -0.15) is 0 Å². The lowest BCUT2D eigenvalue weighted by Crippen LogP contribution is -2.09. The Balaban J connectivity index is 2.14. The van der Waals surface area contributed by atoms with Gasteiger partial charge >= 0.3 is 0 Å². The van der Waals surface area contributed by atoms with Crippen molar-refractivity contribution in [2.24, 2.45) is 0 Å². The molecule has 2 rings (SSSR count). The average molecular weight is 286 g/mol. The lowest BCUT2D eigenvalue weighted by molar-refractivity contribution is 0.342. The van der Waals surface area contributed by atoms with Crippen LogP contribution in [0.4, 0.5) is 11.4 Å². The van der Waals surface area contributed by atoms with E-state index < -0.39 is 0 Å². The Morgan fingerprint density at radius 3 is 2.48 bits per heavy atom. The third kappa shape index (κ3) is 3.60. The Bertz CT molecular complexity index is 582. The molecule has 0 bridgehead atoms. The molecule has 0 radical (unpaired) electrons. The highest BCUT2D eigenvalue weighted by Gasteiger charge is 2.10. The molecule has 0 aliphatic heterocycles. The fraction of sp³-hybridized carbons (Fsp3) is 0.294. The minimum Gasteiger partial charge on any atom is -0.497 e. The van der Waals surface area contributed by atoms with Gasteiger partial charge in [-0.05, 0) is 43.7 Å². The first-order chi connectivity index (χ1) is 10.2. The SMILES string of the molecule is CCOc1cccc(NC(C)c2ccc(OC)cc2)c1N. The van der Waals surface area contributed by atoms with Gasteiger partial charge in [0, 0.05) is 6.04 Å². The number of nitrogens with one attached hydrogen (secondary N) is 1. The molecular weight excluding hydrogens is 264 g/mol. The number of benzene rings is 2. The van der Waals surface area contributed by atoms with Crippen LogP contribution in [0.1, 0.15) is 25.5 Å². The maximum absolute atomic E-state index is 6.13. The molecule has 0 amide bonds. The second kappa shape index (κ2) is 6.88. The molecule has 1 atom stereocenters. The van der Waals surface area contributed by atoms with Crippen molar-refractivity contribution in [1.82, 2.24) is 0 Å². The van der Waals surface area contributed by atoms with Crippen LogP contribution in [0.5, 0.6) is 11.5 Å². The van der Waals surface area contributed by atoms with E-state index in [1.165, 1.54) is 0 Å². The number of para-hydroxylation sites is 1. The summed E-state index contributed by atoms with van der Waals surface area (Å²) in [6.45, 7) is 4.63. The molecule has 0 aliphatic carbocycles. The zero-order chi connectivity index (χ0) is 15.2. The van der Waals surface area contributed by atoms with Gasteiger partial charge in [0.2, 0.25) is 0 Å². The van der Waals surface area contributed by atoms with Crippen molar-refractivity contribution in [1.29, 1.82) is 0 Å². The minimum atomic E-state index is 0.134. The van der Waals surface area contributed by atoms with Crippen LogP contribution in [0.2, 0.25) is 0 Å². The van der Waals surface area contributed by atoms with Crippen molar-refractivity contribution in [3.8, 4) is 11.5 Å². The molecule has 2 aromatic carbocycles. The lowest BCUT2D eigenvalue weighted by Gasteiger charge is -2.19. The number of rotatable bonds is 6. The summed E-state index contributed by atoms with van der Waals surface area (Å²) < 4.78 is 10.7. The molecule has 0 fully saturated rings. The van der Waals surface area contributed by atoms with E-state index in [2.05, 4.69) is 12.2 Å². The van der Waals surface area contributed by atoms with Gasteiger partial charge in [0.05, 0.1) is 25.1 Å². The Labute approximate surface area is 125 Å². The summed E-state index contributed by atoms with van der Waals surface area (Å²) in [5, 5.41) is 3.42. The van der Waals surface area contributed by atoms with Crippen LogP contribution in [0.15, 0.2) is 42.5 Å². The van der Waals surface area contributed by atoms with Crippen molar-refractivity contribution < 1.29 is 9.47 Å². The van der Waals surface area contributed by atoms with Crippen LogP contribution in [0.25, 0.3) is 0 Å². The number of hydrogen-bond donors (Lipinski definition) is 2. The molecule has 0 aliphatic rings. The Hall–Kier alpha value is -2.36. The third-order valence-electron chi connectivity index (χ3n) is 3.35. The van der Waals surface area contributed by atoms with E-state index in [1.54, 1.807) is 7.11 Å². The van der Waals surface area contributed by atoms with Crippen molar-refractivity contribution in [2.45, 2.75) is 19.9 Å². The van der Waals surface area contributed by atoms with Crippen LogP contribution >= 0.6 is 0 Å². The maximum Gasteiger partial charge on any atom is 0.144 e. The third-order valence-corrected chi connectivity index (χ3v) is 3.35. The molecule has 0 spiro atoms. The maximum atomic E-state index is 6.13. The smallest absolute Gasteiger partial charge is 0.144 e. The van der Waals surface area contributed by atoms with Crippen LogP contribution in [-0.2, 0) is 0 Å². The number of methoxy groups -OCH3 is 1. The molecule has 2 aromatic rings. The van der Waals surface area contributed by atoms with Gasteiger partial charge in [0.25, 0.3) is 0 Å². The number of nitrogen functional groups attached to an aromatic ring is 1. The second-order valence-electron chi connectivity index (χ2n) is 4.79. The molecule has 4 nitrogen and oxygen atoms in total. The first-order valence-corrected chi connectivity index (χ1v) is 7.07. The summed E-state index contributed by atoms with van der Waals surface area (Å²) in [4.78, 5) is 0. The van der Waals surface area contributed by atoms with E-state index in [-0.39, 0.29) is 6.04 Å². The predicted octanol–water partition coefficient (Wildman–Crippen LogP) is 3.85. The quantitative estimate of drug-likeness (QED) is 0.792. The number of anilines is 2. The molecule has 3 N–H and O–H groups in total. The molecule has 1 unspecified atom stereocenters. The van der Waals surface area contributed by atoms with Crippen LogP contribution in [0, 0.1) is 0 Å². The summed E-state index contributed by atoms with van der Waals surface area (Å²) in [6.07, 6.45) is 0. The van der Waals surface area contributed by atoms with Gasteiger partial charge in [-0.25, -0.2) is 0 Å². The minimum absolute atomic E-state index is 0.134. The topological polar surface area (TPSA) is 56.5 Å². The normalized spacial score (nSPS) is 11.8. The van der Waals surface area contributed by atoms with Crippen molar-refractivity contribution in [3.05, 3.63) is 48.0 Å². The average Bonchev–Trinajstić information content (AvgIpc) is 2.51. The van der Waals surface area contributed by atoms with Gasteiger partial charge < -0.3 is 20.5 Å². The van der Waals surface area contributed by atoms with E-state index in [0.29, 0.717) is 18.0 Å². The van der Waals surface area contributed by atoms with Crippen LogP contribution < -0.4 is 20.5 Å². The molecule has 112 valence electrons. The molecular formula is C17H22N2O2. The van der Waals surface area contributed by atoms with Crippen molar-refractivity contribution in [2.75, 3.05) is 24.8 Å². The van der Waals surface area contributed by atoms with Gasteiger partial charge in [-0.15, -0.1) is 0 Å². The van der Waals surface area contributed by atoms with Crippen molar-refractivity contribution in [3.63, 3.8) is 0 Å². The standard InChI is InChI=1S/C17H22N2O2/c1-4-21-16-7-5-6-15(17(16)18)19-12(2)13-8-10-14(20-3)11-9-13/h5-12,19H,4,18H2,1-3H3. The highest BCUT2D eigenvalue weighted by atomic mass is 16.5. The molecule has 0 aromatic heterocycles. The fourth-order valence-corrected chi connectivity index (χ4v) is 2.16. The summed E-state index contributed by atoms with van der Waals surface area (Å²) >= 11 is 0. The fourth-order valence-electron chi connectivity index (χ4n) is 2.16. The molecule has 4 heteroatoms. The van der Waals surface area contributed by atoms with Gasteiger partial charge in [-0.3, -0.25) is 0 Å². The highest BCUT2D eigenvalue weighted by Crippen LogP contribution is 2.32. The largest absolute Gasteiger partial charge is 0.497 e. The summed E-state index contributed by atoms with van der Waals surface area (Å²) in [5.41, 5.74) is 8.82. The van der Waals surface area contributed by atoms with Gasteiger partial charge in [0.15, 0.2) is 0 Å². The van der Waals surface area contributed by atoms with E-state index in [4.69, 9.17) is 15.2 Å². The number of nitrogens with two attached hydrogens (primary N) is 1. The second-order valence-corrected chi connectivity index (χ2v) is 4.79. The first-order valence-electron chi connectivity index (χ1n) is 7.07.